The van der Waals surface area contributed by atoms with Crippen LogP contribution in [-0.2, 0) is 64.0 Å². The molecule has 94 heavy (non-hydrogen) atoms. The van der Waals surface area contributed by atoms with Crippen LogP contribution in [0.1, 0.15) is 162 Å². The SMILES string of the molecule is CC(C)C[C@@H]1C(=O)N[C@H](CC(C)C)C(=O)N(C)[C@H](C(C)C)C(=O)N(C)[C@H]([C@H](O)[C@H](C)CCNCc2ccccc2)C(=O)N[C@H]([C@@H](C)O)C(=O)N(C)CC(=O)N(C)[C@@H](CC(C)C)C(=O)N[C@H](CC(C)C)C(=O)N(C)[C@H](CC(C)C)C(=O)N[C@H](C)C(=O)O[C@@H](C(C)C)C(=O)N1C. The third kappa shape index (κ3) is 24.8. The molecular weight excluding hydrogens is 1210 g/mol. The number of esters is 1. The number of likely N-dealkylation sites (N-methyl/N-ethyl adjacent to an activating group) is 6. The van der Waals surface area contributed by atoms with E-state index >= 15 is 14.4 Å². The monoisotopic (exact) mass is 1330 g/mol. The molecule has 1 aliphatic rings. The van der Waals surface area contributed by atoms with Gasteiger partial charge in [0.1, 0.15) is 54.4 Å². The fourth-order valence-corrected chi connectivity index (χ4v) is 11.7. The van der Waals surface area contributed by atoms with Crippen molar-refractivity contribution in [2.75, 3.05) is 55.4 Å². The van der Waals surface area contributed by atoms with Gasteiger partial charge in [0.25, 0.3) is 5.91 Å². The van der Waals surface area contributed by atoms with Crippen molar-refractivity contribution in [3.05, 3.63) is 35.9 Å². The Labute approximate surface area is 560 Å². The van der Waals surface area contributed by atoms with Crippen LogP contribution in [0, 0.1) is 47.3 Å². The first-order chi connectivity index (χ1) is 43.6. The zero-order valence-electron chi connectivity index (χ0n) is 60.8. The Morgan fingerprint density at radius 3 is 1.35 bits per heavy atom. The Kier molecular flexibility index (Phi) is 34.3. The number of aliphatic hydroxyl groups excluding tert-OH is 2. The van der Waals surface area contributed by atoms with E-state index in [1.807, 2.05) is 99.6 Å². The lowest BCUT2D eigenvalue weighted by atomic mass is 9.91. The molecule has 10 amide bonds. The average molecular weight is 1330 g/mol. The summed E-state index contributed by atoms with van der Waals surface area (Å²) in [5.74, 6) is -11.7. The van der Waals surface area contributed by atoms with Crippen LogP contribution in [-0.4, -0.2) is 233 Å². The molecule has 1 aliphatic heterocycles. The zero-order chi connectivity index (χ0) is 72.1. The standard InChI is InChI=1S/C69H119N11O14/c1-38(2)31-49-64(88)77(20)52(34-41(7)8)60(84)71-46(16)69(93)94-59(44(13)14)68(92)78(21)53(35-42(9)10)62(86)73-50(32-39(3)4)65(89)79(22)56(43(11)12)67(91)80(23)57(58(83)45(15)29-30-70-36-48-27-25-24-26-28-48)63(87)74-55(47(17)81)66(90)75(18)37-54(82)76(19)51(33-40(5)6)61(85)72-49/h24-28,38-47,49-53,55-59,70,81,83H,29-37H2,1-23H3,(H,71,84)(H,72,85)(H,73,86)(H,74,87)/t45-,46-,47-,49-,50-,51+,52-,53-,55-,56-,57-,58-,59+/m1/s1. The lowest BCUT2D eigenvalue weighted by molar-refractivity contribution is -0.166. The van der Waals surface area contributed by atoms with E-state index in [0.717, 1.165) is 20.3 Å². The van der Waals surface area contributed by atoms with Crippen LogP contribution in [0.3, 0.4) is 0 Å². The lowest BCUT2D eigenvalue weighted by Crippen LogP contribution is -2.64. The van der Waals surface area contributed by atoms with E-state index in [9.17, 15) is 48.6 Å². The first-order valence-corrected chi connectivity index (χ1v) is 33.7. The van der Waals surface area contributed by atoms with Gasteiger partial charge in [-0.25, -0.2) is 4.79 Å². The molecule has 25 heteroatoms. The molecule has 2 rings (SSSR count). The summed E-state index contributed by atoms with van der Waals surface area (Å²) in [5, 5.41) is 38.1. The van der Waals surface area contributed by atoms with Gasteiger partial charge in [0.2, 0.25) is 53.2 Å². The second kappa shape index (κ2) is 38.7. The minimum Gasteiger partial charge on any atom is -0.450 e. The van der Waals surface area contributed by atoms with Crippen molar-refractivity contribution in [2.24, 2.45) is 47.3 Å². The highest BCUT2D eigenvalue weighted by Crippen LogP contribution is 2.25. The van der Waals surface area contributed by atoms with Gasteiger partial charge in [-0.1, -0.05) is 134 Å². The Balaban J connectivity index is 3.02. The van der Waals surface area contributed by atoms with Crippen LogP contribution in [0.5, 0.6) is 0 Å². The highest BCUT2D eigenvalue weighted by atomic mass is 16.6. The fraction of sp³-hybridized carbons (Fsp3) is 0.754. The van der Waals surface area contributed by atoms with Gasteiger partial charge >= 0.3 is 5.97 Å². The number of rotatable bonds is 20. The number of benzene rings is 1. The number of nitrogens with one attached hydrogen (secondary N) is 5. The molecule has 1 aromatic carbocycles. The highest BCUT2D eigenvalue weighted by molar-refractivity contribution is 5.99. The van der Waals surface area contributed by atoms with Gasteiger partial charge in [-0.05, 0) is 112 Å². The van der Waals surface area contributed by atoms with Crippen LogP contribution in [0.25, 0.3) is 0 Å². The van der Waals surface area contributed by atoms with Gasteiger partial charge in [0.15, 0.2) is 6.10 Å². The van der Waals surface area contributed by atoms with Crippen molar-refractivity contribution in [1.29, 1.82) is 0 Å². The van der Waals surface area contributed by atoms with Crippen molar-refractivity contribution in [3.63, 3.8) is 0 Å². The van der Waals surface area contributed by atoms with Crippen molar-refractivity contribution in [2.45, 2.75) is 235 Å². The number of nitrogens with zero attached hydrogens (tertiary/aromatic N) is 6. The molecule has 0 saturated carbocycles. The summed E-state index contributed by atoms with van der Waals surface area (Å²) in [4.78, 5) is 169. The quantitative estimate of drug-likeness (QED) is 0.0725. The minimum atomic E-state index is -1.77. The molecule has 1 heterocycles. The average Bonchev–Trinajstić information content (AvgIpc) is 0.829. The summed E-state index contributed by atoms with van der Waals surface area (Å²) in [6, 6.07) is -2.74. The summed E-state index contributed by atoms with van der Waals surface area (Å²) in [5.41, 5.74) is 1.01. The molecule has 0 aliphatic carbocycles. The molecule has 0 aromatic heterocycles. The Hall–Kier alpha value is -6.73. The van der Waals surface area contributed by atoms with E-state index in [1.54, 1.807) is 34.6 Å². The molecule has 13 atom stereocenters. The van der Waals surface area contributed by atoms with Crippen molar-refractivity contribution >= 4 is 65.0 Å². The third-order valence-corrected chi connectivity index (χ3v) is 17.3. The second-order valence-electron chi connectivity index (χ2n) is 28.9. The van der Waals surface area contributed by atoms with Gasteiger partial charge in [0.05, 0.1) is 18.8 Å². The molecule has 0 spiro atoms. The summed E-state index contributed by atoms with van der Waals surface area (Å²) >= 11 is 0. The van der Waals surface area contributed by atoms with E-state index in [1.165, 1.54) is 70.8 Å². The first-order valence-electron chi connectivity index (χ1n) is 33.7. The van der Waals surface area contributed by atoms with Gasteiger partial charge < -0.3 is 70.9 Å². The molecule has 1 saturated heterocycles. The van der Waals surface area contributed by atoms with E-state index in [4.69, 9.17) is 4.74 Å². The normalized spacial score (nSPS) is 25.6. The predicted molar refractivity (Wildman–Crippen MR) is 360 cm³/mol. The zero-order valence-corrected chi connectivity index (χ0v) is 60.8. The third-order valence-electron chi connectivity index (χ3n) is 17.3. The number of carbonyl (C=O) groups is 11. The number of hydrogen-bond acceptors (Lipinski definition) is 15. The summed E-state index contributed by atoms with van der Waals surface area (Å²) in [6.07, 6.45) is -3.92. The smallest absolute Gasteiger partial charge is 0.329 e. The number of ether oxygens (including phenoxy) is 1. The topological polar surface area (TPSA) is 317 Å². The molecule has 1 aromatic rings. The first kappa shape index (κ1) is 83.4. The van der Waals surface area contributed by atoms with Crippen LogP contribution in [0.4, 0.5) is 0 Å². The Morgan fingerprint density at radius 2 is 0.915 bits per heavy atom. The predicted octanol–water partition coefficient (Wildman–Crippen LogP) is 3.56. The molecule has 0 radical (unpaired) electrons. The molecule has 0 unspecified atom stereocenters. The van der Waals surface area contributed by atoms with Crippen molar-refractivity contribution < 1.29 is 67.7 Å². The van der Waals surface area contributed by atoms with Crippen molar-refractivity contribution in [3.8, 4) is 0 Å². The number of amides is 10. The number of aliphatic hydroxyl groups is 2. The van der Waals surface area contributed by atoms with Crippen molar-refractivity contribution in [1.82, 2.24) is 56.0 Å². The maximum absolute atomic E-state index is 15.3. The van der Waals surface area contributed by atoms with Gasteiger partial charge in [-0.2, -0.15) is 0 Å². The van der Waals surface area contributed by atoms with E-state index in [-0.39, 0.29) is 61.7 Å². The van der Waals surface area contributed by atoms with E-state index in [0.29, 0.717) is 19.5 Å². The molecule has 25 nitrogen and oxygen atoms in total. The highest BCUT2D eigenvalue weighted by Gasteiger charge is 2.46. The van der Waals surface area contributed by atoms with E-state index in [2.05, 4.69) is 26.6 Å². The maximum atomic E-state index is 15.3. The lowest BCUT2D eigenvalue weighted by Gasteiger charge is -2.40. The molecule has 1 fully saturated rings. The molecule has 0 bridgehead atoms. The second-order valence-corrected chi connectivity index (χ2v) is 28.9. The fourth-order valence-electron chi connectivity index (χ4n) is 11.7. The van der Waals surface area contributed by atoms with Crippen LogP contribution < -0.4 is 26.6 Å². The van der Waals surface area contributed by atoms with Gasteiger partial charge in [0, 0.05) is 48.8 Å². The largest absolute Gasteiger partial charge is 0.450 e. The molecular formula is C69H119N11O14. The maximum Gasteiger partial charge on any atom is 0.329 e. The Bertz CT molecular complexity index is 2670. The van der Waals surface area contributed by atoms with Crippen LogP contribution in [0.15, 0.2) is 30.3 Å². The molecule has 7 N–H and O–H groups in total. The van der Waals surface area contributed by atoms with E-state index < -0.39 is 162 Å². The van der Waals surface area contributed by atoms with Gasteiger partial charge in [-0.15, -0.1) is 0 Å². The number of hydrogen-bond donors (Lipinski definition) is 7. The van der Waals surface area contributed by atoms with Crippen LogP contribution >= 0.6 is 0 Å². The van der Waals surface area contributed by atoms with Crippen LogP contribution in [0.2, 0.25) is 0 Å². The summed E-state index contributed by atoms with van der Waals surface area (Å²) in [6.45, 7) is 29.6. The number of cyclic esters (lactones) is 1. The Morgan fingerprint density at radius 1 is 0.489 bits per heavy atom. The summed E-state index contributed by atoms with van der Waals surface area (Å²) < 4.78 is 5.91. The van der Waals surface area contributed by atoms with Gasteiger partial charge in [-0.3, -0.25) is 47.9 Å². The molecule has 534 valence electrons. The summed E-state index contributed by atoms with van der Waals surface area (Å²) in [7, 11) is 8.15. The number of carbonyl (C=O) groups excluding carboxylic acids is 11. The minimum absolute atomic E-state index is 0.0738.